The van der Waals surface area contributed by atoms with Crippen molar-refractivity contribution in [2.45, 2.75) is 19.6 Å². The summed E-state index contributed by atoms with van der Waals surface area (Å²) >= 11 is 3.22. The van der Waals surface area contributed by atoms with E-state index in [4.69, 9.17) is 5.73 Å². The van der Waals surface area contributed by atoms with E-state index < -0.39 is 13.0 Å². The van der Waals surface area contributed by atoms with Gasteiger partial charge in [0.2, 0.25) is 0 Å². The number of nitro groups is 1. The molecule has 2 N–H and O–H groups in total. The van der Waals surface area contributed by atoms with Crippen LogP contribution < -0.4 is 5.73 Å². The van der Waals surface area contributed by atoms with E-state index in [0.717, 1.165) is 0 Å². The van der Waals surface area contributed by atoms with Crippen molar-refractivity contribution < 1.29 is 4.92 Å². The number of hydrogen-bond donors (Lipinski definition) is 1. The van der Waals surface area contributed by atoms with Gasteiger partial charge in [0, 0.05) is 10.5 Å². The molecule has 1 rings (SSSR count). The second kappa shape index (κ2) is 4.90. The molecule has 0 heterocycles. The molecular formula is C11H13BrN2O2Si. The topological polar surface area (TPSA) is 69.2 Å². The minimum absolute atomic E-state index is 0.112. The molecule has 0 aliphatic rings. The van der Waals surface area contributed by atoms with Gasteiger partial charge < -0.3 is 5.73 Å². The van der Waals surface area contributed by atoms with Crippen molar-refractivity contribution in [1.82, 2.24) is 0 Å². The first-order valence-corrected chi connectivity index (χ1v) is 9.26. The van der Waals surface area contributed by atoms with E-state index in [-0.39, 0.29) is 11.4 Å². The van der Waals surface area contributed by atoms with E-state index in [9.17, 15) is 10.1 Å². The fourth-order valence-electron chi connectivity index (χ4n) is 1.11. The number of hydrogen-bond acceptors (Lipinski definition) is 3. The smallest absolute Gasteiger partial charge is 0.294 e. The molecule has 0 unspecified atom stereocenters. The van der Waals surface area contributed by atoms with E-state index in [0.29, 0.717) is 10.0 Å². The Morgan fingerprint density at radius 1 is 1.41 bits per heavy atom. The second-order valence-corrected chi connectivity index (χ2v) is 10.3. The molecule has 90 valence electrons. The highest BCUT2D eigenvalue weighted by atomic mass is 79.9. The molecule has 4 nitrogen and oxygen atoms in total. The molecule has 0 bridgehead atoms. The van der Waals surface area contributed by atoms with Gasteiger partial charge in [-0.05, 0) is 6.07 Å². The highest BCUT2D eigenvalue weighted by Gasteiger charge is 2.16. The van der Waals surface area contributed by atoms with E-state index in [1.807, 2.05) is 0 Å². The number of nitrogen functional groups attached to an aromatic ring is 1. The third kappa shape index (κ3) is 3.87. The fraction of sp³-hybridized carbons (Fsp3) is 0.273. The molecule has 0 radical (unpaired) electrons. The minimum Gasteiger partial charge on any atom is -0.392 e. The number of nitro benzene ring substituents is 1. The van der Waals surface area contributed by atoms with Crippen LogP contribution >= 0.6 is 15.9 Å². The maximum Gasteiger partial charge on any atom is 0.294 e. The van der Waals surface area contributed by atoms with Crippen molar-refractivity contribution in [3.63, 3.8) is 0 Å². The lowest BCUT2D eigenvalue weighted by molar-refractivity contribution is -0.384. The third-order valence-corrected chi connectivity index (χ3v) is 3.22. The summed E-state index contributed by atoms with van der Waals surface area (Å²) in [6.45, 7) is 6.30. The Balaban J connectivity index is 3.34. The van der Waals surface area contributed by atoms with E-state index >= 15 is 0 Å². The number of halogens is 1. The fourth-order valence-corrected chi connectivity index (χ4v) is 2.07. The van der Waals surface area contributed by atoms with Crippen molar-refractivity contribution in [1.29, 1.82) is 0 Å². The molecule has 17 heavy (non-hydrogen) atoms. The molecule has 0 fully saturated rings. The van der Waals surface area contributed by atoms with Gasteiger partial charge in [0.1, 0.15) is 13.8 Å². The number of benzene rings is 1. The minimum atomic E-state index is -1.53. The SMILES string of the molecule is C[Si](C)(C)C#Cc1cc(Br)cc([N+](=O)[O-])c1N. The first-order valence-electron chi connectivity index (χ1n) is 4.97. The van der Waals surface area contributed by atoms with E-state index in [1.165, 1.54) is 6.07 Å². The van der Waals surface area contributed by atoms with Gasteiger partial charge in [0.05, 0.1) is 10.5 Å². The van der Waals surface area contributed by atoms with E-state index in [2.05, 4.69) is 47.0 Å². The first-order chi connectivity index (χ1) is 7.70. The van der Waals surface area contributed by atoms with Crippen LogP contribution in [-0.4, -0.2) is 13.0 Å². The van der Waals surface area contributed by atoms with Gasteiger partial charge in [0.25, 0.3) is 5.69 Å². The average molecular weight is 313 g/mol. The first kappa shape index (κ1) is 13.7. The lowest BCUT2D eigenvalue weighted by Crippen LogP contribution is -2.16. The zero-order valence-corrected chi connectivity index (χ0v) is 12.5. The molecule has 0 aromatic heterocycles. The van der Waals surface area contributed by atoms with Crippen LogP contribution in [0.4, 0.5) is 11.4 Å². The maximum atomic E-state index is 10.8. The predicted octanol–water partition coefficient (Wildman–Crippen LogP) is 3.17. The van der Waals surface area contributed by atoms with Crippen molar-refractivity contribution >= 4 is 35.4 Å². The zero-order chi connectivity index (χ0) is 13.2. The zero-order valence-electron chi connectivity index (χ0n) is 9.87. The van der Waals surface area contributed by atoms with Crippen LogP contribution in [0.1, 0.15) is 5.56 Å². The monoisotopic (exact) mass is 312 g/mol. The molecule has 1 aromatic rings. The number of nitrogens with zero attached hydrogens (tertiary/aromatic N) is 1. The Bertz CT molecular complexity index is 527. The number of anilines is 1. The molecule has 0 spiro atoms. The molecule has 6 heteroatoms. The maximum absolute atomic E-state index is 10.8. The molecular weight excluding hydrogens is 300 g/mol. The van der Waals surface area contributed by atoms with Gasteiger partial charge in [-0.15, -0.1) is 5.54 Å². The van der Waals surface area contributed by atoms with Crippen molar-refractivity contribution in [2.24, 2.45) is 0 Å². The van der Waals surface area contributed by atoms with E-state index in [1.54, 1.807) is 6.07 Å². The van der Waals surface area contributed by atoms with Crippen LogP contribution in [0, 0.1) is 21.6 Å². The Labute approximate surface area is 109 Å². The summed E-state index contributed by atoms with van der Waals surface area (Å²) in [7, 11) is -1.53. The van der Waals surface area contributed by atoms with Crippen LogP contribution in [0.3, 0.4) is 0 Å². The van der Waals surface area contributed by atoms with Gasteiger partial charge in [-0.25, -0.2) is 0 Å². The predicted molar refractivity (Wildman–Crippen MR) is 75.4 cm³/mol. The van der Waals surface area contributed by atoms with Crippen LogP contribution in [0.2, 0.25) is 19.6 Å². The summed E-state index contributed by atoms with van der Waals surface area (Å²) in [5.74, 6) is 2.94. The quantitative estimate of drug-likeness (QED) is 0.285. The normalized spacial score (nSPS) is 10.6. The van der Waals surface area contributed by atoms with Crippen molar-refractivity contribution in [2.75, 3.05) is 5.73 Å². The number of nitrogens with two attached hydrogens (primary N) is 1. The van der Waals surface area contributed by atoms with Gasteiger partial charge in [-0.2, -0.15) is 0 Å². The molecule has 0 saturated heterocycles. The highest BCUT2D eigenvalue weighted by molar-refractivity contribution is 9.10. The summed E-state index contributed by atoms with van der Waals surface area (Å²) in [6, 6.07) is 3.09. The summed E-state index contributed by atoms with van der Waals surface area (Å²) in [6.07, 6.45) is 0. The van der Waals surface area contributed by atoms with Crippen LogP contribution in [-0.2, 0) is 0 Å². The van der Waals surface area contributed by atoms with Crippen LogP contribution in [0.15, 0.2) is 16.6 Å². The average Bonchev–Trinajstić information content (AvgIpc) is 2.17. The summed E-state index contributed by atoms with van der Waals surface area (Å²) < 4.78 is 0.610. The summed E-state index contributed by atoms with van der Waals surface area (Å²) in [5.41, 5.74) is 9.40. The highest BCUT2D eigenvalue weighted by Crippen LogP contribution is 2.29. The summed E-state index contributed by atoms with van der Waals surface area (Å²) in [5, 5.41) is 10.8. The van der Waals surface area contributed by atoms with Crippen LogP contribution in [0.25, 0.3) is 0 Å². The summed E-state index contributed by atoms with van der Waals surface area (Å²) in [4.78, 5) is 10.3. The Hall–Kier alpha value is -1.32. The Morgan fingerprint density at radius 2 is 2.00 bits per heavy atom. The lowest BCUT2D eigenvalue weighted by Gasteiger charge is -2.05. The van der Waals surface area contributed by atoms with Crippen molar-refractivity contribution in [3.8, 4) is 11.5 Å². The molecule has 0 saturated carbocycles. The van der Waals surface area contributed by atoms with Gasteiger partial charge in [-0.1, -0.05) is 41.5 Å². The van der Waals surface area contributed by atoms with Crippen molar-refractivity contribution in [3.05, 3.63) is 32.3 Å². The largest absolute Gasteiger partial charge is 0.392 e. The Kier molecular flexibility index (Phi) is 3.96. The lowest BCUT2D eigenvalue weighted by atomic mass is 10.1. The third-order valence-electron chi connectivity index (χ3n) is 1.89. The van der Waals surface area contributed by atoms with Gasteiger partial charge in [-0.3, -0.25) is 10.1 Å². The molecule has 0 amide bonds. The molecule has 0 aliphatic heterocycles. The van der Waals surface area contributed by atoms with Crippen LogP contribution in [0.5, 0.6) is 0 Å². The molecule has 0 aliphatic carbocycles. The molecule has 1 aromatic carbocycles. The Morgan fingerprint density at radius 3 is 2.47 bits per heavy atom. The molecule has 0 atom stereocenters. The second-order valence-electron chi connectivity index (χ2n) is 4.64. The van der Waals surface area contributed by atoms with Gasteiger partial charge in [0.15, 0.2) is 0 Å². The standard InChI is InChI=1S/C11H13BrN2O2Si/c1-17(2,3)5-4-8-6-9(12)7-10(11(8)13)14(15)16/h6-7H,13H2,1-3H3. The number of rotatable bonds is 1. The van der Waals surface area contributed by atoms with Gasteiger partial charge >= 0.3 is 0 Å².